The number of rotatable bonds is 1. The molecule has 0 unspecified atom stereocenters. The minimum atomic E-state index is 0.427. The molecule has 1 heterocycles. The minimum Gasteiger partial charge on any atom is -0.364 e. The zero-order valence-corrected chi connectivity index (χ0v) is 6.35. The van der Waals surface area contributed by atoms with Crippen LogP contribution < -0.4 is 0 Å². The van der Waals surface area contributed by atoms with Gasteiger partial charge in [0.2, 0.25) is 0 Å². The molecule has 0 aliphatic rings. The van der Waals surface area contributed by atoms with Gasteiger partial charge in [-0.1, -0.05) is 19.0 Å². The van der Waals surface area contributed by atoms with Gasteiger partial charge in [-0.25, -0.2) is 0 Å². The van der Waals surface area contributed by atoms with E-state index >= 15 is 0 Å². The summed E-state index contributed by atoms with van der Waals surface area (Å²) in [5.41, 5.74) is 0.779. The van der Waals surface area contributed by atoms with Crippen LogP contribution in [0.1, 0.15) is 19.5 Å². The maximum atomic E-state index is 5.35. The number of aromatic nitrogens is 1. The molecule has 1 rings (SSSR count). The maximum Gasteiger partial charge on any atom is 0.124 e. The Labute approximate surface area is 59.8 Å². The number of alkyl halides is 1. The standard InChI is InChI=1S/C4H4ClNO.C2H6/c5-3-4-1-2-7-6-4;1-2/h1-2H,3H2;1-2H3. The molecule has 0 atom stereocenters. The second-order valence-electron chi connectivity index (χ2n) is 1.12. The summed E-state index contributed by atoms with van der Waals surface area (Å²) in [5.74, 6) is 0.427. The molecule has 0 radical (unpaired) electrons. The van der Waals surface area contributed by atoms with E-state index in [0.29, 0.717) is 5.88 Å². The van der Waals surface area contributed by atoms with Crippen molar-refractivity contribution in [3.63, 3.8) is 0 Å². The van der Waals surface area contributed by atoms with Gasteiger partial charge in [0.25, 0.3) is 0 Å². The van der Waals surface area contributed by atoms with Crippen LogP contribution in [0.2, 0.25) is 0 Å². The van der Waals surface area contributed by atoms with Gasteiger partial charge >= 0.3 is 0 Å². The summed E-state index contributed by atoms with van der Waals surface area (Å²) >= 11 is 5.35. The molecule has 9 heavy (non-hydrogen) atoms. The first-order valence-electron chi connectivity index (χ1n) is 2.88. The Bertz CT molecular complexity index is 128. The van der Waals surface area contributed by atoms with Gasteiger partial charge < -0.3 is 4.52 Å². The molecule has 0 amide bonds. The number of hydrogen-bond donors (Lipinski definition) is 0. The van der Waals surface area contributed by atoms with Crippen molar-refractivity contribution < 1.29 is 4.52 Å². The molecule has 0 saturated carbocycles. The van der Waals surface area contributed by atoms with Crippen LogP contribution in [0.3, 0.4) is 0 Å². The van der Waals surface area contributed by atoms with Crippen LogP contribution in [0.4, 0.5) is 0 Å². The number of hydrogen-bond acceptors (Lipinski definition) is 2. The molecular weight excluding hydrogens is 138 g/mol. The van der Waals surface area contributed by atoms with Gasteiger partial charge in [-0.15, -0.1) is 11.6 Å². The Morgan fingerprint density at radius 2 is 2.33 bits per heavy atom. The fourth-order valence-electron chi connectivity index (χ4n) is 0.306. The van der Waals surface area contributed by atoms with Crippen LogP contribution in [0.5, 0.6) is 0 Å². The van der Waals surface area contributed by atoms with Crippen molar-refractivity contribution in [1.82, 2.24) is 5.16 Å². The first-order chi connectivity index (χ1) is 4.43. The summed E-state index contributed by atoms with van der Waals surface area (Å²) in [4.78, 5) is 0. The van der Waals surface area contributed by atoms with Crippen molar-refractivity contribution in [1.29, 1.82) is 0 Å². The number of halogens is 1. The van der Waals surface area contributed by atoms with Crippen LogP contribution in [-0.4, -0.2) is 5.16 Å². The summed E-state index contributed by atoms with van der Waals surface area (Å²) < 4.78 is 4.47. The van der Waals surface area contributed by atoms with E-state index in [1.54, 1.807) is 6.07 Å². The first kappa shape index (κ1) is 8.50. The van der Waals surface area contributed by atoms with Crippen molar-refractivity contribution in [3.8, 4) is 0 Å². The third-order valence-corrected chi connectivity index (χ3v) is 0.902. The zero-order chi connectivity index (χ0) is 7.11. The monoisotopic (exact) mass is 147 g/mol. The van der Waals surface area contributed by atoms with E-state index < -0.39 is 0 Å². The summed E-state index contributed by atoms with van der Waals surface area (Å²) in [6.07, 6.45) is 1.50. The lowest BCUT2D eigenvalue weighted by atomic mass is 10.5. The molecule has 0 N–H and O–H groups in total. The van der Waals surface area contributed by atoms with E-state index in [2.05, 4.69) is 9.68 Å². The number of nitrogens with zero attached hydrogens (tertiary/aromatic N) is 1. The molecule has 1 aromatic heterocycles. The minimum absolute atomic E-state index is 0.427. The van der Waals surface area contributed by atoms with Crippen LogP contribution >= 0.6 is 11.6 Å². The van der Waals surface area contributed by atoms with Gasteiger partial charge in [-0.05, 0) is 0 Å². The molecule has 0 aliphatic carbocycles. The highest BCUT2D eigenvalue weighted by Crippen LogP contribution is 1.96. The maximum absolute atomic E-state index is 5.35. The molecule has 0 spiro atoms. The molecule has 0 aliphatic heterocycles. The Hall–Kier alpha value is -0.500. The third-order valence-electron chi connectivity index (χ3n) is 0.628. The van der Waals surface area contributed by atoms with Crippen molar-refractivity contribution in [2.75, 3.05) is 0 Å². The van der Waals surface area contributed by atoms with Crippen molar-refractivity contribution in [3.05, 3.63) is 18.0 Å². The van der Waals surface area contributed by atoms with E-state index in [4.69, 9.17) is 11.6 Å². The van der Waals surface area contributed by atoms with Gasteiger partial charge in [0, 0.05) is 6.07 Å². The molecular formula is C6H10ClNO. The van der Waals surface area contributed by atoms with Crippen LogP contribution in [0.15, 0.2) is 16.9 Å². The fraction of sp³-hybridized carbons (Fsp3) is 0.500. The Morgan fingerprint density at radius 1 is 1.67 bits per heavy atom. The second-order valence-corrected chi connectivity index (χ2v) is 1.39. The van der Waals surface area contributed by atoms with Crippen molar-refractivity contribution in [2.24, 2.45) is 0 Å². The quantitative estimate of drug-likeness (QED) is 0.571. The topological polar surface area (TPSA) is 26.0 Å². The SMILES string of the molecule is CC.ClCc1ccon1. The molecule has 0 aromatic carbocycles. The lowest BCUT2D eigenvalue weighted by molar-refractivity contribution is 0.414. The Balaban J connectivity index is 0.000000291. The lowest BCUT2D eigenvalue weighted by Crippen LogP contribution is -1.70. The third kappa shape index (κ3) is 3.14. The largest absolute Gasteiger partial charge is 0.364 e. The summed E-state index contributed by atoms with van der Waals surface area (Å²) in [6, 6.07) is 1.73. The summed E-state index contributed by atoms with van der Waals surface area (Å²) in [7, 11) is 0. The average Bonchev–Trinajstić information content (AvgIpc) is 2.43. The molecule has 1 aromatic rings. The molecule has 0 fully saturated rings. The molecule has 2 nitrogen and oxygen atoms in total. The highest BCUT2D eigenvalue weighted by molar-refractivity contribution is 6.16. The van der Waals surface area contributed by atoms with E-state index in [0.717, 1.165) is 5.69 Å². The van der Waals surface area contributed by atoms with Crippen LogP contribution in [-0.2, 0) is 5.88 Å². The highest BCUT2D eigenvalue weighted by atomic mass is 35.5. The Morgan fingerprint density at radius 3 is 2.56 bits per heavy atom. The zero-order valence-electron chi connectivity index (χ0n) is 5.60. The molecule has 0 saturated heterocycles. The fourth-order valence-corrected chi connectivity index (χ4v) is 0.444. The first-order valence-corrected chi connectivity index (χ1v) is 3.42. The predicted molar refractivity (Wildman–Crippen MR) is 37.4 cm³/mol. The molecule has 3 heteroatoms. The van der Waals surface area contributed by atoms with Gasteiger partial charge in [0.15, 0.2) is 0 Å². The predicted octanol–water partition coefficient (Wildman–Crippen LogP) is 2.44. The van der Waals surface area contributed by atoms with E-state index in [1.807, 2.05) is 13.8 Å². The summed E-state index contributed by atoms with van der Waals surface area (Å²) in [5, 5.41) is 3.53. The van der Waals surface area contributed by atoms with E-state index in [-0.39, 0.29) is 0 Å². The van der Waals surface area contributed by atoms with Gasteiger partial charge in [0.1, 0.15) is 6.26 Å². The van der Waals surface area contributed by atoms with E-state index in [9.17, 15) is 0 Å². The second kappa shape index (κ2) is 5.63. The van der Waals surface area contributed by atoms with Crippen molar-refractivity contribution >= 4 is 11.6 Å². The Kier molecular flexibility index (Phi) is 5.32. The van der Waals surface area contributed by atoms with Crippen LogP contribution in [0, 0.1) is 0 Å². The highest BCUT2D eigenvalue weighted by Gasteiger charge is 1.87. The van der Waals surface area contributed by atoms with Crippen LogP contribution in [0.25, 0.3) is 0 Å². The van der Waals surface area contributed by atoms with Crippen molar-refractivity contribution in [2.45, 2.75) is 19.7 Å². The normalized spacial score (nSPS) is 7.89. The van der Waals surface area contributed by atoms with E-state index in [1.165, 1.54) is 6.26 Å². The smallest absolute Gasteiger partial charge is 0.124 e. The van der Waals surface area contributed by atoms with Gasteiger partial charge in [0.05, 0.1) is 11.6 Å². The van der Waals surface area contributed by atoms with Gasteiger partial charge in [-0.3, -0.25) is 0 Å². The average molecular weight is 148 g/mol. The lowest BCUT2D eigenvalue weighted by Gasteiger charge is -1.72. The van der Waals surface area contributed by atoms with Gasteiger partial charge in [-0.2, -0.15) is 0 Å². The summed E-state index contributed by atoms with van der Waals surface area (Å²) in [6.45, 7) is 4.00. The molecule has 52 valence electrons. The molecule has 0 bridgehead atoms.